The molecule has 0 bridgehead atoms. The lowest BCUT2D eigenvalue weighted by Crippen LogP contribution is -2.21. The fraction of sp³-hybridized carbons (Fsp3) is 0.235. The van der Waals surface area contributed by atoms with Gasteiger partial charge in [-0.3, -0.25) is 4.55 Å². The van der Waals surface area contributed by atoms with Gasteiger partial charge in [0.15, 0.2) is 5.58 Å². The molecule has 0 atom stereocenters. The van der Waals surface area contributed by atoms with Crippen LogP contribution in [0.4, 0.5) is 5.69 Å². The van der Waals surface area contributed by atoms with Crippen molar-refractivity contribution in [3.63, 3.8) is 0 Å². The van der Waals surface area contributed by atoms with Gasteiger partial charge in [0, 0.05) is 24.3 Å². The Morgan fingerprint density at radius 3 is 2.33 bits per heavy atom. The quantitative estimate of drug-likeness (QED) is 0.711. The van der Waals surface area contributed by atoms with Gasteiger partial charge >= 0.3 is 0 Å². The molecular weight excluding hydrogens is 328 g/mol. The molecule has 0 aliphatic heterocycles. The second-order valence-corrected chi connectivity index (χ2v) is 6.76. The monoisotopic (exact) mass is 346 g/mol. The molecule has 0 saturated heterocycles. The van der Waals surface area contributed by atoms with Crippen molar-refractivity contribution in [2.24, 2.45) is 0 Å². The summed E-state index contributed by atoms with van der Waals surface area (Å²) < 4.78 is 37.2. The molecule has 0 radical (unpaired) electrons. The van der Waals surface area contributed by atoms with Gasteiger partial charge in [-0.25, -0.2) is 4.98 Å². The van der Waals surface area contributed by atoms with Crippen molar-refractivity contribution in [2.45, 2.75) is 18.7 Å². The van der Waals surface area contributed by atoms with Crippen molar-refractivity contribution in [1.29, 1.82) is 0 Å². The second-order valence-electron chi connectivity index (χ2n) is 5.34. The number of hydrogen-bond acceptors (Lipinski definition) is 5. The Kier molecular flexibility index (Phi) is 4.29. The molecule has 0 aliphatic carbocycles. The molecule has 0 aliphatic rings. The van der Waals surface area contributed by atoms with Crippen LogP contribution in [0.2, 0.25) is 0 Å². The highest BCUT2D eigenvalue weighted by Gasteiger charge is 2.14. The Morgan fingerprint density at radius 2 is 1.75 bits per heavy atom. The van der Waals surface area contributed by atoms with Gasteiger partial charge in [0.25, 0.3) is 10.1 Å². The summed E-state index contributed by atoms with van der Waals surface area (Å²) in [6, 6.07) is 11.9. The Hall–Kier alpha value is -2.38. The number of benzene rings is 2. The van der Waals surface area contributed by atoms with Crippen molar-refractivity contribution in [3.05, 3.63) is 42.5 Å². The zero-order valence-corrected chi connectivity index (χ0v) is 14.2. The van der Waals surface area contributed by atoms with Crippen LogP contribution in [0, 0.1) is 0 Å². The minimum absolute atomic E-state index is 0.202. The maximum atomic E-state index is 11.2. The molecular formula is C17H18N2O4S. The normalized spacial score (nSPS) is 11.8. The van der Waals surface area contributed by atoms with Gasteiger partial charge in [-0.05, 0) is 56.3 Å². The number of hydrogen-bond donors (Lipinski definition) is 1. The standard InChI is InChI=1S/C17H18N2O4S/c1-3-19(4-2)13-7-5-12(6-8-13)17-18-15-11-14(24(20,21)22)9-10-16(15)23-17/h5-11H,3-4H2,1-2H3,(H,20,21,22). The Bertz CT molecular complexity index is 958. The van der Waals surface area contributed by atoms with Crippen LogP contribution >= 0.6 is 0 Å². The van der Waals surface area contributed by atoms with E-state index >= 15 is 0 Å². The molecule has 6 nitrogen and oxygen atoms in total. The first kappa shape index (κ1) is 16.5. The van der Waals surface area contributed by atoms with Crippen molar-refractivity contribution < 1.29 is 17.4 Å². The van der Waals surface area contributed by atoms with E-state index in [1.807, 2.05) is 24.3 Å². The fourth-order valence-electron chi connectivity index (χ4n) is 2.59. The van der Waals surface area contributed by atoms with Crippen molar-refractivity contribution in [3.8, 4) is 11.5 Å². The molecule has 126 valence electrons. The van der Waals surface area contributed by atoms with E-state index in [2.05, 4.69) is 23.7 Å². The smallest absolute Gasteiger partial charge is 0.294 e. The van der Waals surface area contributed by atoms with Gasteiger partial charge in [0.05, 0.1) is 4.90 Å². The van der Waals surface area contributed by atoms with Crippen molar-refractivity contribution >= 4 is 26.9 Å². The molecule has 0 spiro atoms. The highest BCUT2D eigenvalue weighted by atomic mass is 32.2. The molecule has 0 fully saturated rings. The number of oxazole rings is 1. The van der Waals surface area contributed by atoms with Gasteiger partial charge in [-0.15, -0.1) is 0 Å². The zero-order chi connectivity index (χ0) is 17.3. The summed E-state index contributed by atoms with van der Waals surface area (Å²) in [5, 5.41) is 0. The highest BCUT2D eigenvalue weighted by molar-refractivity contribution is 7.85. The topological polar surface area (TPSA) is 83.6 Å². The van der Waals surface area contributed by atoms with Gasteiger partial charge < -0.3 is 9.32 Å². The molecule has 0 unspecified atom stereocenters. The first-order chi connectivity index (χ1) is 11.4. The molecule has 24 heavy (non-hydrogen) atoms. The Morgan fingerprint density at radius 1 is 1.08 bits per heavy atom. The third kappa shape index (κ3) is 3.13. The van der Waals surface area contributed by atoms with Crippen molar-refractivity contribution in [2.75, 3.05) is 18.0 Å². The molecule has 2 aromatic carbocycles. The van der Waals surface area contributed by atoms with E-state index in [1.54, 1.807) is 0 Å². The van der Waals surface area contributed by atoms with Crippen LogP contribution in [-0.4, -0.2) is 31.0 Å². The lowest BCUT2D eigenvalue weighted by atomic mass is 10.2. The summed E-state index contributed by atoms with van der Waals surface area (Å²) in [6.45, 7) is 6.06. The lowest BCUT2D eigenvalue weighted by Gasteiger charge is -2.20. The zero-order valence-electron chi connectivity index (χ0n) is 13.4. The van der Waals surface area contributed by atoms with Gasteiger partial charge in [-0.2, -0.15) is 8.42 Å². The summed E-state index contributed by atoms with van der Waals surface area (Å²) in [5.41, 5.74) is 2.77. The van der Waals surface area contributed by atoms with E-state index in [0.29, 0.717) is 17.0 Å². The predicted molar refractivity (Wildman–Crippen MR) is 92.8 cm³/mol. The first-order valence-electron chi connectivity index (χ1n) is 7.66. The Balaban J connectivity index is 1.97. The average molecular weight is 346 g/mol. The average Bonchev–Trinajstić information content (AvgIpc) is 2.99. The molecule has 1 heterocycles. The minimum atomic E-state index is -4.26. The Labute approximate surface area is 140 Å². The summed E-state index contributed by atoms with van der Waals surface area (Å²) in [6.07, 6.45) is 0. The lowest BCUT2D eigenvalue weighted by molar-refractivity contribution is 0.483. The summed E-state index contributed by atoms with van der Waals surface area (Å²) in [4.78, 5) is 6.34. The number of nitrogens with zero attached hydrogens (tertiary/aromatic N) is 2. The highest BCUT2D eigenvalue weighted by Crippen LogP contribution is 2.27. The number of aromatic nitrogens is 1. The van der Waals surface area contributed by atoms with Crippen LogP contribution < -0.4 is 4.90 Å². The predicted octanol–water partition coefficient (Wildman–Crippen LogP) is 3.59. The molecule has 1 aromatic heterocycles. The van der Waals surface area contributed by atoms with Gasteiger partial charge in [-0.1, -0.05) is 0 Å². The van der Waals surface area contributed by atoms with Crippen LogP contribution in [0.3, 0.4) is 0 Å². The first-order valence-corrected chi connectivity index (χ1v) is 9.10. The van der Waals surface area contributed by atoms with E-state index in [4.69, 9.17) is 8.97 Å². The molecule has 0 saturated carbocycles. The summed E-state index contributed by atoms with van der Waals surface area (Å²) >= 11 is 0. The summed E-state index contributed by atoms with van der Waals surface area (Å²) in [5.74, 6) is 0.406. The molecule has 3 rings (SSSR count). The van der Waals surface area contributed by atoms with E-state index in [9.17, 15) is 8.42 Å². The van der Waals surface area contributed by atoms with E-state index in [0.717, 1.165) is 24.3 Å². The molecule has 3 aromatic rings. The number of rotatable bonds is 5. The van der Waals surface area contributed by atoms with E-state index in [1.165, 1.54) is 18.2 Å². The molecule has 7 heteroatoms. The van der Waals surface area contributed by atoms with E-state index < -0.39 is 10.1 Å². The largest absolute Gasteiger partial charge is 0.436 e. The van der Waals surface area contributed by atoms with Crippen LogP contribution in [0.1, 0.15) is 13.8 Å². The number of fused-ring (bicyclic) bond motifs is 1. The summed E-state index contributed by atoms with van der Waals surface area (Å²) in [7, 11) is -4.26. The molecule has 1 N–H and O–H groups in total. The maximum absolute atomic E-state index is 11.2. The van der Waals surface area contributed by atoms with Gasteiger partial charge in [0.2, 0.25) is 5.89 Å². The van der Waals surface area contributed by atoms with E-state index in [-0.39, 0.29) is 4.90 Å². The second kappa shape index (κ2) is 6.26. The van der Waals surface area contributed by atoms with Crippen molar-refractivity contribution in [1.82, 2.24) is 4.98 Å². The van der Waals surface area contributed by atoms with Crippen LogP contribution in [-0.2, 0) is 10.1 Å². The third-order valence-electron chi connectivity index (χ3n) is 3.90. The maximum Gasteiger partial charge on any atom is 0.294 e. The van der Waals surface area contributed by atoms with Crippen LogP contribution in [0.5, 0.6) is 0 Å². The SMILES string of the molecule is CCN(CC)c1ccc(-c2nc3cc(S(=O)(=O)O)ccc3o2)cc1. The number of anilines is 1. The fourth-order valence-corrected chi connectivity index (χ4v) is 3.10. The van der Waals surface area contributed by atoms with Crippen LogP contribution in [0.15, 0.2) is 51.8 Å². The third-order valence-corrected chi connectivity index (χ3v) is 4.75. The molecule has 0 amide bonds. The van der Waals surface area contributed by atoms with Crippen LogP contribution in [0.25, 0.3) is 22.6 Å². The minimum Gasteiger partial charge on any atom is -0.436 e. The van der Waals surface area contributed by atoms with Gasteiger partial charge in [0.1, 0.15) is 5.52 Å².